The van der Waals surface area contributed by atoms with Crippen LogP contribution in [0.5, 0.6) is 0 Å². The van der Waals surface area contributed by atoms with Crippen molar-refractivity contribution in [1.82, 2.24) is 14.9 Å². The lowest BCUT2D eigenvalue weighted by Gasteiger charge is -2.18. The molecule has 0 saturated heterocycles. The van der Waals surface area contributed by atoms with Crippen LogP contribution in [0.4, 0.5) is 5.69 Å². The number of hydrazine groups is 1. The number of rotatable bonds is 4. The summed E-state index contributed by atoms with van der Waals surface area (Å²) in [5.74, 6) is 5.25. The fourth-order valence-corrected chi connectivity index (χ4v) is 1.74. The Bertz CT molecular complexity index is 558. The van der Waals surface area contributed by atoms with Crippen LogP contribution in [0.3, 0.4) is 0 Å². The van der Waals surface area contributed by atoms with Crippen molar-refractivity contribution < 1.29 is 4.79 Å². The van der Waals surface area contributed by atoms with E-state index >= 15 is 0 Å². The fourth-order valence-electron chi connectivity index (χ4n) is 1.74. The van der Waals surface area contributed by atoms with Gasteiger partial charge in [-0.25, -0.2) is 0 Å². The highest BCUT2D eigenvalue weighted by atomic mass is 16.2. The van der Waals surface area contributed by atoms with E-state index < -0.39 is 0 Å². The molecule has 0 atom stereocenters. The van der Waals surface area contributed by atoms with Gasteiger partial charge in [0.15, 0.2) is 0 Å². The SMILES string of the molecule is CN(Cc1ccncc1)C(=O)c1ccncc1NN. The van der Waals surface area contributed by atoms with Crippen LogP contribution in [-0.2, 0) is 6.54 Å². The monoisotopic (exact) mass is 257 g/mol. The Morgan fingerprint density at radius 1 is 1.26 bits per heavy atom. The number of hydrogen-bond acceptors (Lipinski definition) is 5. The van der Waals surface area contributed by atoms with Gasteiger partial charge >= 0.3 is 0 Å². The lowest BCUT2D eigenvalue weighted by molar-refractivity contribution is 0.0786. The lowest BCUT2D eigenvalue weighted by atomic mass is 10.2. The molecule has 0 aliphatic rings. The fraction of sp³-hybridized carbons (Fsp3) is 0.154. The summed E-state index contributed by atoms with van der Waals surface area (Å²) in [6.07, 6.45) is 6.49. The van der Waals surface area contributed by atoms with Crippen molar-refractivity contribution >= 4 is 11.6 Å². The van der Waals surface area contributed by atoms with Gasteiger partial charge in [-0.15, -0.1) is 0 Å². The predicted octanol–water partition coefficient (Wildman–Crippen LogP) is 1.03. The van der Waals surface area contributed by atoms with Gasteiger partial charge in [-0.1, -0.05) is 0 Å². The molecule has 0 unspecified atom stereocenters. The van der Waals surface area contributed by atoms with Gasteiger partial charge in [0.1, 0.15) is 0 Å². The molecule has 19 heavy (non-hydrogen) atoms. The van der Waals surface area contributed by atoms with Gasteiger partial charge < -0.3 is 10.3 Å². The van der Waals surface area contributed by atoms with Crippen molar-refractivity contribution in [2.45, 2.75) is 6.54 Å². The topological polar surface area (TPSA) is 84.1 Å². The molecule has 6 nitrogen and oxygen atoms in total. The Kier molecular flexibility index (Phi) is 4.04. The zero-order valence-electron chi connectivity index (χ0n) is 10.6. The number of hydrogen-bond donors (Lipinski definition) is 2. The number of carbonyl (C=O) groups is 1. The molecule has 2 heterocycles. The summed E-state index contributed by atoms with van der Waals surface area (Å²) in [6.45, 7) is 0.508. The highest BCUT2D eigenvalue weighted by molar-refractivity contribution is 5.99. The molecule has 6 heteroatoms. The van der Waals surface area contributed by atoms with Gasteiger partial charge in [0.05, 0.1) is 17.4 Å². The molecular formula is C13H15N5O. The van der Waals surface area contributed by atoms with E-state index in [0.29, 0.717) is 17.8 Å². The third kappa shape index (κ3) is 3.05. The number of anilines is 1. The Labute approximate surface area is 111 Å². The Hall–Kier alpha value is -2.47. The second-order valence-electron chi connectivity index (χ2n) is 4.08. The first-order chi connectivity index (χ1) is 9.22. The number of carbonyl (C=O) groups excluding carboxylic acids is 1. The summed E-state index contributed by atoms with van der Waals surface area (Å²) < 4.78 is 0. The second kappa shape index (κ2) is 5.92. The molecule has 1 amide bonds. The van der Waals surface area contributed by atoms with E-state index in [1.54, 1.807) is 36.6 Å². The van der Waals surface area contributed by atoms with E-state index in [-0.39, 0.29) is 5.91 Å². The normalized spacial score (nSPS) is 10.0. The number of nitrogens with two attached hydrogens (primary N) is 1. The van der Waals surface area contributed by atoms with Crippen molar-refractivity contribution in [3.63, 3.8) is 0 Å². The summed E-state index contributed by atoms with van der Waals surface area (Å²) in [5.41, 5.74) is 4.49. The molecule has 0 aliphatic heterocycles. The standard InChI is InChI=1S/C13H15N5O/c1-18(9-10-2-5-15-6-3-10)13(19)11-4-7-16-8-12(11)17-14/h2-8,17H,9,14H2,1H3. The van der Waals surface area contributed by atoms with Crippen LogP contribution in [0.2, 0.25) is 0 Å². The van der Waals surface area contributed by atoms with Crippen LogP contribution in [-0.4, -0.2) is 27.8 Å². The molecule has 0 aliphatic carbocycles. The zero-order valence-corrected chi connectivity index (χ0v) is 10.6. The average Bonchev–Trinajstić information content (AvgIpc) is 2.47. The maximum absolute atomic E-state index is 12.3. The third-order valence-electron chi connectivity index (χ3n) is 2.72. The van der Waals surface area contributed by atoms with Crippen LogP contribution >= 0.6 is 0 Å². The summed E-state index contributed by atoms with van der Waals surface area (Å²) in [5, 5.41) is 0. The van der Waals surface area contributed by atoms with E-state index in [4.69, 9.17) is 5.84 Å². The minimum atomic E-state index is -0.118. The molecule has 3 N–H and O–H groups in total. The van der Waals surface area contributed by atoms with E-state index in [2.05, 4.69) is 15.4 Å². The molecule has 0 bridgehead atoms. The summed E-state index contributed by atoms with van der Waals surface area (Å²) in [7, 11) is 1.74. The number of aromatic nitrogens is 2. The van der Waals surface area contributed by atoms with Gasteiger partial charge in [0.25, 0.3) is 5.91 Å². The van der Waals surface area contributed by atoms with Crippen LogP contribution in [0, 0.1) is 0 Å². The smallest absolute Gasteiger partial charge is 0.256 e. The summed E-state index contributed by atoms with van der Waals surface area (Å²) in [6, 6.07) is 5.39. The number of nitrogens with one attached hydrogen (secondary N) is 1. The minimum Gasteiger partial charge on any atom is -0.337 e. The number of nitrogens with zero attached hydrogens (tertiary/aromatic N) is 3. The van der Waals surface area contributed by atoms with Gasteiger partial charge in [-0.2, -0.15) is 0 Å². The minimum absolute atomic E-state index is 0.118. The summed E-state index contributed by atoms with van der Waals surface area (Å²) in [4.78, 5) is 21.8. The van der Waals surface area contributed by atoms with E-state index in [0.717, 1.165) is 5.56 Å². The van der Waals surface area contributed by atoms with Gasteiger partial charge in [-0.3, -0.25) is 20.6 Å². The van der Waals surface area contributed by atoms with Gasteiger partial charge in [0.2, 0.25) is 0 Å². The van der Waals surface area contributed by atoms with E-state index in [1.807, 2.05) is 12.1 Å². The van der Waals surface area contributed by atoms with Crippen molar-refractivity contribution in [2.75, 3.05) is 12.5 Å². The van der Waals surface area contributed by atoms with Crippen LogP contribution < -0.4 is 11.3 Å². The Morgan fingerprint density at radius 3 is 2.63 bits per heavy atom. The van der Waals surface area contributed by atoms with Crippen molar-refractivity contribution in [1.29, 1.82) is 0 Å². The maximum Gasteiger partial charge on any atom is 0.256 e. The zero-order chi connectivity index (χ0) is 13.7. The first-order valence-corrected chi connectivity index (χ1v) is 5.77. The molecule has 0 radical (unpaired) electrons. The molecule has 2 rings (SSSR count). The molecule has 2 aromatic heterocycles. The van der Waals surface area contributed by atoms with E-state index in [1.165, 1.54) is 6.20 Å². The lowest BCUT2D eigenvalue weighted by Crippen LogP contribution is -2.27. The molecule has 0 fully saturated rings. The van der Waals surface area contributed by atoms with Crippen LogP contribution in [0.25, 0.3) is 0 Å². The largest absolute Gasteiger partial charge is 0.337 e. The maximum atomic E-state index is 12.3. The van der Waals surface area contributed by atoms with Crippen LogP contribution in [0.15, 0.2) is 43.0 Å². The highest BCUT2D eigenvalue weighted by Gasteiger charge is 2.15. The second-order valence-corrected chi connectivity index (χ2v) is 4.08. The van der Waals surface area contributed by atoms with Crippen LogP contribution in [0.1, 0.15) is 15.9 Å². The number of pyridine rings is 2. The first kappa shape index (κ1) is 13.0. The number of nitrogen functional groups attached to an aromatic ring is 1. The molecule has 2 aromatic rings. The molecule has 0 saturated carbocycles. The van der Waals surface area contributed by atoms with Gasteiger partial charge in [0, 0.05) is 32.2 Å². The molecular weight excluding hydrogens is 242 g/mol. The quantitative estimate of drug-likeness (QED) is 0.631. The predicted molar refractivity (Wildman–Crippen MR) is 72.1 cm³/mol. The first-order valence-electron chi connectivity index (χ1n) is 5.77. The van der Waals surface area contributed by atoms with E-state index in [9.17, 15) is 4.79 Å². The molecule has 0 spiro atoms. The van der Waals surface area contributed by atoms with Crippen molar-refractivity contribution in [3.8, 4) is 0 Å². The Balaban J connectivity index is 2.15. The molecule has 0 aromatic carbocycles. The highest BCUT2D eigenvalue weighted by Crippen LogP contribution is 2.15. The number of amides is 1. The van der Waals surface area contributed by atoms with Gasteiger partial charge in [-0.05, 0) is 23.8 Å². The van der Waals surface area contributed by atoms with Crippen molar-refractivity contribution in [2.24, 2.45) is 5.84 Å². The summed E-state index contributed by atoms with van der Waals surface area (Å²) >= 11 is 0. The third-order valence-corrected chi connectivity index (χ3v) is 2.72. The van der Waals surface area contributed by atoms with Crippen molar-refractivity contribution in [3.05, 3.63) is 54.1 Å². The molecule has 98 valence electrons. The Morgan fingerprint density at radius 2 is 1.95 bits per heavy atom. The average molecular weight is 257 g/mol.